The van der Waals surface area contributed by atoms with Gasteiger partial charge in [-0.1, -0.05) is 17.8 Å². The SMILES string of the molecule is Cc1cc(=O)[nH]c(Sc2cccc(F)c2C=O)n1. The zero-order valence-electron chi connectivity index (χ0n) is 9.44. The zero-order valence-corrected chi connectivity index (χ0v) is 10.3. The van der Waals surface area contributed by atoms with E-state index >= 15 is 0 Å². The van der Waals surface area contributed by atoms with Gasteiger partial charge in [0, 0.05) is 16.7 Å². The summed E-state index contributed by atoms with van der Waals surface area (Å²) in [6, 6.07) is 5.66. The molecule has 0 aliphatic carbocycles. The molecule has 0 saturated heterocycles. The van der Waals surface area contributed by atoms with Crippen molar-refractivity contribution in [3.8, 4) is 0 Å². The minimum absolute atomic E-state index is 0.0355. The predicted octanol–water partition coefficient (Wildman–Crippen LogP) is 2.18. The van der Waals surface area contributed by atoms with Crippen molar-refractivity contribution < 1.29 is 9.18 Å². The molecule has 4 nitrogen and oxygen atoms in total. The van der Waals surface area contributed by atoms with Gasteiger partial charge in [0.15, 0.2) is 11.4 Å². The summed E-state index contributed by atoms with van der Waals surface area (Å²) >= 11 is 1.04. The summed E-state index contributed by atoms with van der Waals surface area (Å²) in [5, 5.41) is 0.328. The van der Waals surface area contributed by atoms with E-state index < -0.39 is 5.82 Å². The molecule has 0 aliphatic rings. The van der Waals surface area contributed by atoms with Crippen LogP contribution in [0.5, 0.6) is 0 Å². The highest BCUT2D eigenvalue weighted by Crippen LogP contribution is 2.27. The van der Waals surface area contributed by atoms with Crippen molar-refractivity contribution in [3.05, 3.63) is 51.7 Å². The lowest BCUT2D eigenvalue weighted by Crippen LogP contribution is -2.08. The summed E-state index contributed by atoms with van der Waals surface area (Å²) < 4.78 is 13.4. The highest BCUT2D eigenvalue weighted by Gasteiger charge is 2.10. The molecule has 0 saturated carbocycles. The van der Waals surface area contributed by atoms with E-state index in [-0.39, 0.29) is 11.1 Å². The van der Waals surface area contributed by atoms with E-state index in [9.17, 15) is 14.0 Å². The van der Waals surface area contributed by atoms with Gasteiger partial charge in [-0.25, -0.2) is 9.37 Å². The topological polar surface area (TPSA) is 62.8 Å². The molecule has 2 rings (SSSR count). The van der Waals surface area contributed by atoms with E-state index in [1.165, 1.54) is 18.2 Å². The largest absolute Gasteiger partial charge is 0.301 e. The fraction of sp³-hybridized carbons (Fsp3) is 0.0833. The molecular formula is C12H9FN2O2S. The number of benzene rings is 1. The third kappa shape index (κ3) is 2.65. The molecule has 6 heteroatoms. The molecule has 0 atom stereocenters. The number of halogens is 1. The Balaban J connectivity index is 2.42. The standard InChI is InChI=1S/C12H9FN2O2S/c1-7-5-11(17)15-12(14-7)18-10-4-2-3-9(13)8(10)6-16/h2-6H,1H3,(H,14,15,17). The van der Waals surface area contributed by atoms with Crippen LogP contribution in [0.4, 0.5) is 4.39 Å². The Kier molecular flexibility index (Phi) is 3.57. The Morgan fingerprint density at radius 1 is 1.44 bits per heavy atom. The number of aryl methyl sites for hydroxylation is 1. The van der Waals surface area contributed by atoms with Gasteiger partial charge >= 0.3 is 0 Å². The number of nitrogens with zero attached hydrogens (tertiary/aromatic N) is 1. The summed E-state index contributed by atoms with van der Waals surface area (Å²) in [4.78, 5) is 29.1. The van der Waals surface area contributed by atoms with Crippen LogP contribution >= 0.6 is 11.8 Å². The van der Waals surface area contributed by atoms with Crippen LogP contribution in [0.2, 0.25) is 0 Å². The molecule has 2 aromatic rings. The maximum absolute atomic E-state index is 13.4. The first kappa shape index (κ1) is 12.5. The quantitative estimate of drug-likeness (QED) is 0.681. The highest BCUT2D eigenvalue weighted by atomic mass is 32.2. The number of hydrogen-bond acceptors (Lipinski definition) is 4. The molecule has 1 aromatic carbocycles. The number of carbonyl (C=O) groups is 1. The van der Waals surface area contributed by atoms with Crippen molar-refractivity contribution in [2.24, 2.45) is 0 Å². The molecule has 0 fully saturated rings. The minimum atomic E-state index is -0.593. The first-order chi connectivity index (χ1) is 8.60. The van der Waals surface area contributed by atoms with Crippen molar-refractivity contribution >= 4 is 18.0 Å². The van der Waals surface area contributed by atoms with Crippen LogP contribution in [0.15, 0.2) is 39.1 Å². The van der Waals surface area contributed by atoms with Gasteiger partial charge in [0.1, 0.15) is 5.82 Å². The molecule has 1 heterocycles. The van der Waals surface area contributed by atoms with Gasteiger partial charge in [0.25, 0.3) is 5.56 Å². The van der Waals surface area contributed by atoms with Crippen LogP contribution in [0, 0.1) is 12.7 Å². The Morgan fingerprint density at radius 2 is 2.22 bits per heavy atom. The van der Waals surface area contributed by atoms with Gasteiger partial charge in [-0.3, -0.25) is 9.59 Å². The third-order valence-corrected chi connectivity index (χ3v) is 3.15. The summed E-state index contributed by atoms with van der Waals surface area (Å²) in [5.41, 5.74) is 0.242. The molecule has 92 valence electrons. The Bertz CT molecular complexity index is 655. The van der Waals surface area contributed by atoms with E-state index in [2.05, 4.69) is 9.97 Å². The molecule has 0 spiro atoms. The Hall–Kier alpha value is -1.95. The highest BCUT2D eigenvalue weighted by molar-refractivity contribution is 7.99. The molecule has 0 unspecified atom stereocenters. The van der Waals surface area contributed by atoms with Gasteiger partial charge in [0.05, 0.1) is 5.56 Å². The lowest BCUT2D eigenvalue weighted by atomic mass is 10.2. The fourth-order valence-electron chi connectivity index (χ4n) is 1.42. The second kappa shape index (κ2) is 5.14. The smallest absolute Gasteiger partial charge is 0.251 e. The average molecular weight is 264 g/mol. The monoisotopic (exact) mass is 264 g/mol. The second-order valence-electron chi connectivity index (χ2n) is 3.56. The van der Waals surface area contributed by atoms with Crippen molar-refractivity contribution in [2.45, 2.75) is 17.0 Å². The van der Waals surface area contributed by atoms with Crippen LogP contribution in [0.25, 0.3) is 0 Å². The van der Waals surface area contributed by atoms with Gasteiger partial charge in [-0.05, 0) is 19.1 Å². The summed E-state index contributed by atoms with van der Waals surface area (Å²) in [6.07, 6.45) is 0.450. The summed E-state index contributed by atoms with van der Waals surface area (Å²) in [7, 11) is 0. The molecule has 1 aromatic heterocycles. The minimum Gasteiger partial charge on any atom is -0.301 e. The normalized spacial score (nSPS) is 10.3. The van der Waals surface area contributed by atoms with E-state index in [0.717, 1.165) is 11.8 Å². The van der Waals surface area contributed by atoms with Gasteiger partial charge in [-0.15, -0.1) is 0 Å². The van der Waals surface area contributed by atoms with Crippen molar-refractivity contribution in [1.82, 2.24) is 9.97 Å². The van der Waals surface area contributed by atoms with Crippen LogP contribution < -0.4 is 5.56 Å². The number of hydrogen-bond donors (Lipinski definition) is 1. The lowest BCUT2D eigenvalue weighted by molar-refractivity contribution is 0.111. The molecule has 0 aliphatic heterocycles. The van der Waals surface area contributed by atoms with E-state index in [4.69, 9.17) is 0 Å². The second-order valence-corrected chi connectivity index (χ2v) is 4.59. The van der Waals surface area contributed by atoms with Crippen molar-refractivity contribution in [2.75, 3.05) is 0 Å². The molecule has 1 N–H and O–H groups in total. The molecule has 0 radical (unpaired) electrons. The molecular weight excluding hydrogens is 255 g/mol. The fourth-order valence-corrected chi connectivity index (χ4v) is 2.38. The predicted molar refractivity (Wildman–Crippen MR) is 65.5 cm³/mol. The number of aromatic amines is 1. The molecule has 0 amide bonds. The number of aldehydes is 1. The maximum Gasteiger partial charge on any atom is 0.251 e. The van der Waals surface area contributed by atoms with E-state index in [1.807, 2.05) is 0 Å². The molecule has 0 bridgehead atoms. The van der Waals surface area contributed by atoms with Crippen LogP contribution in [-0.4, -0.2) is 16.3 Å². The van der Waals surface area contributed by atoms with Gasteiger partial charge in [0.2, 0.25) is 0 Å². The van der Waals surface area contributed by atoms with Crippen LogP contribution in [-0.2, 0) is 0 Å². The van der Waals surface area contributed by atoms with Gasteiger partial charge in [-0.2, -0.15) is 0 Å². The first-order valence-corrected chi connectivity index (χ1v) is 5.91. The first-order valence-electron chi connectivity index (χ1n) is 5.09. The summed E-state index contributed by atoms with van der Waals surface area (Å²) in [5.74, 6) is -0.593. The average Bonchev–Trinajstić information content (AvgIpc) is 2.27. The summed E-state index contributed by atoms with van der Waals surface area (Å²) in [6.45, 7) is 1.69. The maximum atomic E-state index is 13.4. The number of nitrogens with one attached hydrogen (secondary N) is 1. The Morgan fingerprint density at radius 3 is 2.89 bits per heavy atom. The third-order valence-electron chi connectivity index (χ3n) is 2.19. The molecule has 18 heavy (non-hydrogen) atoms. The number of rotatable bonds is 3. The van der Waals surface area contributed by atoms with E-state index in [1.54, 1.807) is 13.0 Å². The number of aromatic nitrogens is 2. The lowest BCUT2D eigenvalue weighted by Gasteiger charge is -2.04. The van der Waals surface area contributed by atoms with Gasteiger partial charge < -0.3 is 4.98 Å². The van der Waals surface area contributed by atoms with Crippen LogP contribution in [0.3, 0.4) is 0 Å². The Labute approximate surface area is 106 Å². The number of carbonyl (C=O) groups excluding carboxylic acids is 1. The van der Waals surface area contributed by atoms with E-state index in [0.29, 0.717) is 22.0 Å². The zero-order chi connectivity index (χ0) is 13.1. The van der Waals surface area contributed by atoms with Crippen LogP contribution in [0.1, 0.15) is 16.1 Å². The van der Waals surface area contributed by atoms with Crippen molar-refractivity contribution in [1.29, 1.82) is 0 Å². The van der Waals surface area contributed by atoms with Crippen molar-refractivity contribution in [3.63, 3.8) is 0 Å². The number of H-pyrrole nitrogens is 1.